The number of aromatic nitrogens is 2. The number of rotatable bonds is 8. The van der Waals surface area contributed by atoms with Gasteiger partial charge in [0.15, 0.2) is 0 Å². The first-order valence-corrected chi connectivity index (χ1v) is 12.4. The molecule has 0 aliphatic heterocycles. The van der Waals surface area contributed by atoms with Crippen LogP contribution in [0.4, 0.5) is 19.0 Å². The Kier molecular flexibility index (Phi) is 8.98. The van der Waals surface area contributed by atoms with E-state index in [0.29, 0.717) is 35.1 Å². The highest BCUT2D eigenvalue weighted by Gasteiger charge is 2.33. The number of anilines is 1. The number of hydrogen-bond acceptors (Lipinski definition) is 4. The van der Waals surface area contributed by atoms with Gasteiger partial charge in [-0.2, -0.15) is 13.2 Å². The quantitative estimate of drug-likeness (QED) is 0.394. The second kappa shape index (κ2) is 11.7. The van der Waals surface area contributed by atoms with E-state index >= 15 is 0 Å². The summed E-state index contributed by atoms with van der Waals surface area (Å²) < 4.78 is 40.1. The lowest BCUT2D eigenvalue weighted by atomic mass is 9.90. The third-order valence-corrected chi connectivity index (χ3v) is 6.53. The van der Waals surface area contributed by atoms with Crippen LogP contribution in [0.2, 0.25) is 0 Å². The van der Waals surface area contributed by atoms with E-state index < -0.39 is 11.7 Å². The van der Waals surface area contributed by atoms with Crippen molar-refractivity contribution in [3.63, 3.8) is 0 Å². The molecule has 4 nitrogen and oxygen atoms in total. The van der Waals surface area contributed by atoms with Crippen molar-refractivity contribution < 1.29 is 18.3 Å². The Labute approximate surface area is 195 Å². The van der Waals surface area contributed by atoms with Gasteiger partial charge >= 0.3 is 6.18 Å². The van der Waals surface area contributed by atoms with Gasteiger partial charge in [-0.25, -0.2) is 0 Å². The van der Waals surface area contributed by atoms with Crippen LogP contribution in [0.15, 0.2) is 18.2 Å². The molecule has 0 spiro atoms. The van der Waals surface area contributed by atoms with Crippen molar-refractivity contribution in [3.8, 4) is 17.0 Å². The molecule has 1 aromatic carbocycles. The van der Waals surface area contributed by atoms with E-state index in [1.54, 1.807) is 0 Å². The summed E-state index contributed by atoms with van der Waals surface area (Å²) in [7, 11) is 0. The molecule has 0 bridgehead atoms. The molecule has 1 aliphatic rings. The van der Waals surface area contributed by atoms with Crippen molar-refractivity contribution in [1.29, 1.82) is 0 Å². The number of phenols is 1. The molecule has 2 aromatic rings. The molecule has 0 radical (unpaired) electrons. The minimum absolute atomic E-state index is 0.309. The summed E-state index contributed by atoms with van der Waals surface area (Å²) in [6, 6.07) is 4.26. The first kappa shape index (κ1) is 25.3. The van der Waals surface area contributed by atoms with Crippen molar-refractivity contribution in [1.82, 2.24) is 10.2 Å². The van der Waals surface area contributed by atoms with Crippen molar-refractivity contribution in [2.24, 2.45) is 0 Å². The maximum atomic E-state index is 13.4. The van der Waals surface area contributed by atoms with Crippen molar-refractivity contribution >= 4 is 5.82 Å². The maximum absolute atomic E-state index is 13.4. The number of aromatic hydroxyl groups is 1. The maximum Gasteiger partial charge on any atom is 0.416 e. The lowest BCUT2D eigenvalue weighted by Gasteiger charge is -2.21. The molecule has 33 heavy (non-hydrogen) atoms. The Bertz CT molecular complexity index is 914. The average Bonchev–Trinajstić information content (AvgIpc) is 2.78. The number of nitrogens with one attached hydrogen (secondary N) is 1. The Balaban J connectivity index is 1.93. The number of hydrogen-bond donors (Lipinski definition) is 2. The molecule has 1 aliphatic carbocycles. The highest BCUT2D eigenvalue weighted by atomic mass is 19.4. The number of nitrogens with zero attached hydrogens (tertiary/aromatic N) is 2. The minimum atomic E-state index is -4.50. The monoisotopic (exact) mass is 463 g/mol. The average molecular weight is 464 g/mol. The fourth-order valence-electron chi connectivity index (χ4n) is 4.61. The lowest BCUT2D eigenvalue weighted by Crippen LogP contribution is -2.20. The summed E-state index contributed by atoms with van der Waals surface area (Å²) in [5, 5.41) is 22.9. The smallest absolute Gasteiger partial charge is 0.416 e. The van der Waals surface area contributed by atoms with E-state index in [1.165, 1.54) is 25.7 Å². The van der Waals surface area contributed by atoms with E-state index in [9.17, 15) is 18.3 Å². The first-order chi connectivity index (χ1) is 15.8. The molecule has 7 heteroatoms. The molecule has 0 fully saturated rings. The Morgan fingerprint density at radius 1 is 0.939 bits per heavy atom. The number of aryl methyl sites for hydroxylation is 2. The topological polar surface area (TPSA) is 58.0 Å². The zero-order valence-corrected chi connectivity index (χ0v) is 19.8. The van der Waals surface area contributed by atoms with Gasteiger partial charge in [0.25, 0.3) is 0 Å². The van der Waals surface area contributed by atoms with Crippen molar-refractivity contribution in [2.45, 2.75) is 103 Å². The summed E-state index contributed by atoms with van der Waals surface area (Å²) in [5.41, 5.74) is 1.48. The molecule has 1 unspecified atom stereocenters. The Morgan fingerprint density at radius 2 is 1.67 bits per heavy atom. The van der Waals surface area contributed by atoms with Gasteiger partial charge in [0.1, 0.15) is 17.3 Å². The van der Waals surface area contributed by atoms with Crippen LogP contribution >= 0.6 is 0 Å². The van der Waals surface area contributed by atoms with Gasteiger partial charge in [0, 0.05) is 11.6 Å². The summed E-state index contributed by atoms with van der Waals surface area (Å²) in [5.74, 6) is 0.320. The number of unbranched alkanes of at least 4 members (excludes halogenated alkanes) is 3. The van der Waals surface area contributed by atoms with Gasteiger partial charge < -0.3 is 10.4 Å². The first-order valence-electron chi connectivity index (χ1n) is 12.4. The summed E-state index contributed by atoms with van der Waals surface area (Å²) in [4.78, 5) is 0. The van der Waals surface area contributed by atoms with Gasteiger partial charge in [-0.3, -0.25) is 0 Å². The van der Waals surface area contributed by atoms with Crippen LogP contribution in [0.3, 0.4) is 0 Å². The van der Waals surface area contributed by atoms with E-state index in [0.717, 1.165) is 62.6 Å². The summed E-state index contributed by atoms with van der Waals surface area (Å²) in [6.45, 7) is 4.35. The number of fused-ring (bicyclic) bond motifs is 3. The molecule has 1 atom stereocenters. The highest BCUT2D eigenvalue weighted by molar-refractivity contribution is 5.74. The molecule has 0 saturated carbocycles. The second-order valence-electron chi connectivity index (χ2n) is 9.14. The SMILES string of the molecule is CCCCCCC(CC)Nc1cc2c(nn1)-c1c(O)cc(C(F)(F)F)cc1CCCCCC2. The number of halogens is 3. The fraction of sp³-hybridized carbons (Fsp3) is 0.615. The van der Waals surface area contributed by atoms with E-state index in [-0.39, 0.29) is 5.75 Å². The normalized spacial score (nSPS) is 15.4. The molecule has 1 heterocycles. The van der Waals surface area contributed by atoms with Crippen LogP contribution in [0.5, 0.6) is 5.75 Å². The molecule has 0 amide bonds. The van der Waals surface area contributed by atoms with E-state index in [1.807, 2.05) is 6.07 Å². The Morgan fingerprint density at radius 3 is 2.33 bits per heavy atom. The standard InChI is InChI=1S/C26H36F3N3O/c1-3-5-6-11-14-21(4-2)30-23-16-19-13-10-8-7-9-12-18-15-20(26(27,28)29)17-22(33)24(18)25(19)32-31-23/h15-17,21,33H,3-14H2,1-2H3,(H,30,31). The molecular weight excluding hydrogens is 427 g/mol. The van der Waals surface area contributed by atoms with Crippen LogP contribution in [0.1, 0.15) is 94.7 Å². The van der Waals surface area contributed by atoms with Crippen LogP contribution in [0, 0.1) is 0 Å². The van der Waals surface area contributed by atoms with E-state index in [4.69, 9.17) is 0 Å². The number of alkyl halides is 3. The minimum Gasteiger partial charge on any atom is -0.507 e. The third kappa shape index (κ3) is 6.84. The predicted octanol–water partition coefficient (Wildman–Crippen LogP) is 7.69. The summed E-state index contributed by atoms with van der Waals surface area (Å²) >= 11 is 0. The molecule has 3 rings (SSSR count). The van der Waals surface area contributed by atoms with Crippen LogP contribution in [0.25, 0.3) is 11.3 Å². The second-order valence-corrected chi connectivity index (χ2v) is 9.14. The number of benzene rings is 1. The lowest BCUT2D eigenvalue weighted by molar-refractivity contribution is -0.137. The fourth-order valence-corrected chi connectivity index (χ4v) is 4.61. The molecule has 1 aromatic heterocycles. The number of phenolic OH excluding ortho intramolecular Hbond substituents is 1. The van der Waals surface area contributed by atoms with Crippen LogP contribution in [-0.2, 0) is 19.0 Å². The van der Waals surface area contributed by atoms with Crippen molar-refractivity contribution in [3.05, 3.63) is 34.9 Å². The van der Waals surface area contributed by atoms with Gasteiger partial charge in [0.2, 0.25) is 0 Å². The largest absolute Gasteiger partial charge is 0.507 e. The zero-order chi connectivity index (χ0) is 23.8. The van der Waals surface area contributed by atoms with Gasteiger partial charge in [-0.15, -0.1) is 10.2 Å². The van der Waals surface area contributed by atoms with Gasteiger partial charge in [0.05, 0.1) is 5.56 Å². The van der Waals surface area contributed by atoms with Crippen LogP contribution < -0.4 is 5.32 Å². The van der Waals surface area contributed by atoms with Gasteiger partial charge in [-0.05, 0) is 67.9 Å². The van der Waals surface area contributed by atoms with E-state index in [2.05, 4.69) is 29.4 Å². The molecule has 0 saturated heterocycles. The van der Waals surface area contributed by atoms with Crippen molar-refractivity contribution in [2.75, 3.05) is 5.32 Å². The third-order valence-electron chi connectivity index (χ3n) is 6.53. The van der Waals surface area contributed by atoms with Crippen LogP contribution in [-0.4, -0.2) is 21.3 Å². The van der Waals surface area contributed by atoms with Gasteiger partial charge in [-0.1, -0.05) is 52.4 Å². The molecular formula is C26H36F3N3O. The summed E-state index contributed by atoms with van der Waals surface area (Å²) in [6.07, 6.45) is 7.34. The molecule has 182 valence electrons. The zero-order valence-electron chi connectivity index (χ0n) is 19.8. The predicted molar refractivity (Wildman–Crippen MR) is 126 cm³/mol. The highest BCUT2D eigenvalue weighted by Crippen LogP contribution is 2.41. The Hall–Kier alpha value is -2.31. The molecule has 2 N–H and O–H groups in total.